The topological polar surface area (TPSA) is 128 Å². The quantitative estimate of drug-likeness (QED) is 0.0596. The highest BCUT2D eigenvalue weighted by Crippen LogP contribution is 2.36. The van der Waals surface area contributed by atoms with E-state index in [0.29, 0.717) is 31.7 Å². The minimum atomic E-state index is -4.48. The van der Waals surface area contributed by atoms with Gasteiger partial charge in [-0.1, -0.05) is 54.6 Å². The number of carbonyl (C=O) groups is 1. The van der Waals surface area contributed by atoms with Crippen LogP contribution >= 0.6 is 36.6 Å². The zero-order valence-corrected chi connectivity index (χ0v) is 37.9. The van der Waals surface area contributed by atoms with Gasteiger partial charge in [0.1, 0.15) is 5.69 Å². The maximum absolute atomic E-state index is 13.5. The lowest BCUT2D eigenvalue weighted by Crippen LogP contribution is -2.54. The number of rotatable bonds is 15. The number of benzene rings is 5. The van der Waals surface area contributed by atoms with Crippen LogP contribution in [0, 0.1) is 10.1 Å². The summed E-state index contributed by atoms with van der Waals surface area (Å²) in [6.45, 7) is 3.59. The molecule has 0 unspecified atom stereocenters. The number of amides is 1. The summed E-state index contributed by atoms with van der Waals surface area (Å²) in [4.78, 5) is 32.4. The van der Waals surface area contributed by atoms with Gasteiger partial charge in [0, 0.05) is 66.2 Å². The Balaban J connectivity index is 0.00000374. The second-order valence-electron chi connectivity index (χ2n) is 15.6. The van der Waals surface area contributed by atoms with Gasteiger partial charge in [-0.15, -0.1) is 36.6 Å². The van der Waals surface area contributed by atoms with E-state index >= 15 is 0 Å². The molecule has 7 rings (SSSR count). The Kier molecular flexibility index (Phi) is 16.6. The molecule has 0 bridgehead atoms. The van der Waals surface area contributed by atoms with Crippen molar-refractivity contribution in [2.24, 2.45) is 0 Å². The third kappa shape index (κ3) is 12.2. The van der Waals surface area contributed by atoms with Gasteiger partial charge in [-0.2, -0.15) is 13.2 Å². The van der Waals surface area contributed by atoms with Crippen LogP contribution in [0.25, 0.3) is 11.1 Å². The van der Waals surface area contributed by atoms with Gasteiger partial charge in [0.2, 0.25) is 0 Å². The van der Waals surface area contributed by atoms with Crippen molar-refractivity contribution in [1.82, 2.24) is 14.5 Å². The molecule has 0 radical (unpaired) electrons. The van der Waals surface area contributed by atoms with Crippen LogP contribution in [0.15, 0.2) is 125 Å². The van der Waals surface area contributed by atoms with Crippen LogP contribution in [0.5, 0.6) is 0 Å². The fourth-order valence-electron chi connectivity index (χ4n) is 7.91. The largest absolute Gasteiger partial charge is 0.416 e. The lowest BCUT2D eigenvalue weighted by molar-refractivity contribution is -0.384. The summed E-state index contributed by atoms with van der Waals surface area (Å²) in [7, 11) is -0.587. The first kappa shape index (κ1) is 49.2. The van der Waals surface area contributed by atoms with E-state index in [1.54, 1.807) is 23.9 Å². The number of hydrogen-bond donors (Lipinski definition) is 2. The summed E-state index contributed by atoms with van der Waals surface area (Å²) in [6.07, 6.45) is -2.24. The normalized spacial score (nSPS) is 15.6. The van der Waals surface area contributed by atoms with Crippen molar-refractivity contribution in [3.63, 3.8) is 0 Å². The summed E-state index contributed by atoms with van der Waals surface area (Å²) < 4.78 is 68.7. The van der Waals surface area contributed by atoms with Gasteiger partial charge in [-0.25, -0.2) is 13.1 Å². The molecule has 5 aromatic rings. The molecule has 1 amide bonds. The molecule has 2 heterocycles. The fraction of sp³-hybridized carbons (Fsp3) is 0.311. The van der Waals surface area contributed by atoms with Crippen LogP contribution in [-0.2, 0) is 29.2 Å². The molecular weight excluding hydrogens is 897 g/mol. The number of halogens is 5. The van der Waals surface area contributed by atoms with Crippen LogP contribution in [0.4, 0.5) is 30.2 Å². The zero-order valence-electron chi connectivity index (χ0n) is 34.6. The molecule has 336 valence electrons. The molecule has 2 atom stereocenters. The Morgan fingerprint density at radius 2 is 1.65 bits per heavy atom. The molecular formula is C45H49Cl2F3N6O5S2. The van der Waals surface area contributed by atoms with E-state index in [0.717, 1.165) is 77.1 Å². The smallest absolute Gasteiger partial charge is 0.376 e. The number of carbonyl (C=O) groups excluding carboxylic acids is 1. The molecule has 18 heteroatoms. The van der Waals surface area contributed by atoms with Crippen molar-refractivity contribution >= 4 is 69.6 Å². The average molecular weight is 946 g/mol. The molecule has 2 aliphatic heterocycles. The Bertz CT molecular complexity index is 2480. The summed E-state index contributed by atoms with van der Waals surface area (Å²) in [5.41, 5.74) is 3.78. The summed E-state index contributed by atoms with van der Waals surface area (Å²) >= 11 is 1.62. The Labute approximate surface area is 382 Å². The minimum Gasteiger partial charge on any atom is -0.376 e. The van der Waals surface area contributed by atoms with E-state index in [1.807, 2.05) is 79.7 Å². The van der Waals surface area contributed by atoms with Gasteiger partial charge < -0.3 is 15.1 Å². The van der Waals surface area contributed by atoms with Gasteiger partial charge in [0.25, 0.3) is 21.6 Å². The van der Waals surface area contributed by atoms with Crippen molar-refractivity contribution in [3.05, 3.63) is 148 Å². The van der Waals surface area contributed by atoms with E-state index in [9.17, 15) is 36.5 Å². The molecule has 5 aromatic carbocycles. The summed E-state index contributed by atoms with van der Waals surface area (Å²) in [5, 5.41) is 15.5. The zero-order chi connectivity index (χ0) is 43.3. The molecule has 1 fully saturated rings. The number of piperazine rings is 1. The molecule has 0 aliphatic carbocycles. The van der Waals surface area contributed by atoms with Crippen LogP contribution < -0.4 is 14.9 Å². The number of sulfonamides is 1. The minimum absolute atomic E-state index is 0. The lowest BCUT2D eigenvalue weighted by atomic mass is 9.92. The molecule has 0 saturated carbocycles. The SMILES string of the molecule is CN(C)CC[C@H](CSc1ccccc1)Nc1ccc(S(=O)(=O)NC(=O)c2ccc3c(c2)CC[C@@H]2CN(Cc4ccccc4-c4ccc(C(F)(F)F)cc4)CCN32)cc1[N+](=O)[O-].Cl.Cl. The van der Waals surface area contributed by atoms with Gasteiger partial charge in [0.05, 0.1) is 15.4 Å². The average Bonchev–Trinajstić information content (AvgIpc) is 3.24. The number of nitrogens with zero attached hydrogens (tertiary/aromatic N) is 4. The fourth-order valence-corrected chi connectivity index (χ4v) is 9.90. The number of fused-ring (bicyclic) bond motifs is 3. The summed E-state index contributed by atoms with van der Waals surface area (Å²) in [5.74, 6) is -0.220. The van der Waals surface area contributed by atoms with E-state index in [1.165, 1.54) is 24.3 Å². The number of thioether (sulfide) groups is 1. The highest BCUT2D eigenvalue weighted by molar-refractivity contribution is 7.99. The van der Waals surface area contributed by atoms with Crippen molar-refractivity contribution in [2.45, 2.75) is 53.9 Å². The van der Waals surface area contributed by atoms with Gasteiger partial charge in [0.15, 0.2) is 0 Å². The van der Waals surface area contributed by atoms with Crippen molar-refractivity contribution in [2.75, 3.05) is 56.2 Å². The number of aryl methyl sites for hydroxylation is 1. The number of nitro groups is 1. The predicted octanol–water partition coefficient (Wildman–Crippen LogP) is 9.40. The van der Waals surface area contributed by atoms with E-state index in [4.69, 9.17) is 0 Å². The Hall–Kier alpha value is -4.84. The highest BCUT2D eigenvalue weighted by atomic mass is 35.5. The number of nitrogens with one attached hydrogen (secondary N) is 2. The standard InChI is InChI=1S/C45H47F3N6O5S2.2ClH/c1-51(2)23-22-36(30-60-38-9-4-3-5-10-38)49-41-20-19-39(27-43(41)54(56)57)61(58,59)50-44(55)33-15-21-42-32(26-33)14-18-37-29-52(24-25-53(37)42)28-34-8-6-7-11-40(34)31-12-16-35(17-13-31)45(46,47)48;;/h3-13,15-17,19-21,26-27,36-37,49H,14,18,22-25,28-30H2,1-2H3,(H,50,55);2*1H/t36-,37-;;/m1../s1. The van der Waals surface area contributed by atoms with E-state index in [2.05, 4.69) is 19.8 Å². The van der Waals surface area contributed by atoms with Gasteiger partial charge in [-0.3, -0.25) is 19.8 Å². The third-order valence-electron chi connectivity index (χ3n) is 11.1. The van der Waals surface area contributed by atoms with Gasteiger partial charge >= 0.3 is 6.18 Å². The molecule has 0 spiro atoms. The number of hydrogen-bond acceptors (Lipinski definition) is 10. The number of anilines is 2. The second-order valence-corrected chi connectivity index (χ2v) is 18.4. The Morgan fingerprint density at radius 3 is 2.35 bits per heavy atom. The first-order valence-corrected chi connectivity index (χ1v) is 22.4. The molecule has 2 aliphatic rings. The van der Waals surface area contributed by atoms with Crippen molar-refractivity contribution in [3.8, 4) is 11.1 Å². The molecule has 0 aromatic heterocycles. The van der Waals surface area contributed by atoms with Gasteiger partial charge in [-0.05, 0) is 117 Å². The van der Waals surface area contributed by atoms with E-state index in [-0.39, 0.29) is 48.1 Å². The first-order chi connectivity index (χ1) is 29.1. The molecule has 63 heavy (non-hydrogen) atoms. The van der Waals surface area contributed by atoms with E-state index < -0.39 is 43.2 Å². The number of alkyl halides is 3. The van der Waals surface area contributed by atoms with Crippen molar-refractivity contribution in [1.29, 1.82) is 0 Å². The maximum Gasteiger partial charge on any atom is 0.416 e. The molecule has 1 saturated heterocycles. The van der Waals surface area contributed by atoms with Crippen LogP contribution in [0.3, 0.4) is 0 Å². The predicted molar refractivity (Wildman–Crippen MR) is 248 cm³/mol. The van der Waals surface area contributed by atoms with Crippen LogP contribution in [-0.4, -0.2) is 87.2 Å². The van der Waals surface area contributed by atoms with Crippen LogP contribution in [0.1, 0.15) is 39.9 Å². The maximum atomic E-state index is 13.5. The Morgan fingerprint density at radius 1 is 0.937 bits per heavy atom. The first-order valence-electron chi connectivity index (χ1n) is 20.0. The highest BCUT2D eigenvalue weighted by Gasteiger charge is 2.33. The third-order valence-corrected chi connectivity index (χ3v) is 13.6. The molecule has 11 nitrogen and oxygen atoms in total. The van der Waals surface area contributed by atoms with Crippen LogP contribution in [0.2, 0.25) is 0 Å². The lowest BCUT2D eigenvalue weighted by Gasteiger charge is -2.46. The molecule has 2 N–H and O–H groups in total. The summed E-state index contributed by atoms with van der Waals surface area (Å²) in [6, 6.07) is 31.6. The van der Waals surface area contributed by atoms with Crippen molar-refractivity contribution < 1.29 is 31.3 Å². The second kappa shape index (κ2) is 21.2. The number of nitro benzene ring substituents is 1. The monoisotopic (exact) mass is 944 g/mol.